The number of furan rings is 1. The van der Waals surface area contributed by atoms with Gasteiger partial charge in [0.25, 0.3) is 0 Å². The number of halogens is 3. The van der Waals surface area contributed by atoms with Gasteiger partial charge < -0.3 is 14.2 Å². The summed E-state index contributed by atoms with van der Waals surface area (Å²) in [4.78, 5) is 16.9. The molecule has 0 unspecified atom stereocenters. The first kappa shape index (κ1) is 23.2. The van der Waals surface area contributed by atoms with Gasteiger partial charge in [0.1, 0.15) is 17.0 Å². The highest BCUT2D eigenvalue weighted by atomic mass is 35.5. The molecule has 0 aliphatic rings. The number of anilines is 1. The molecule has 2 aromatic heterocycles. The molecule has 2 heterocycles. The van der Waals surface area contributed by atoms with Crippen molar-refractivity contribution < 1.29 is 13.6 Å². The van der Waals surface area contributed by atoms with Gasteiger partial charge in [-0.2, -0.15) is 0 Å². The van der Waals surface area contributed by atoms with Crippen molar-refractivity contribution in [1.82, 2.24) is 4.98 Å². The van der Waals surface area contributed by atoms with Gasteiger partial charge in [0, 0.05) is 32.9 Å². The van der Waals surface area contributed by atoms with Crippen LogP contribution in [0.4, 0.5) is 5.69 Å². The summed E-state index contributed by atoms with van der Waals surface area (Å²) in [6.45, 7) is 1.94. The number of hydrogen-bond donors (Lipinski definition) is 1. The van der Waals surface area contributed by atoms with Gasteiger partial charge in [-0.25, -0.2) is 4.98 Å². The first-order valence-electron chi connectivity index (χ1n) is 10.6. The second-order valence-corrected chi connectivity index (χ2v) is 9.08. The predicted molar refractivity (Wildman–Crippen MR) is 141 cm³/mol. The Hall–Kier alpha value is -3.51. The number of nitrogens with one attached hydrogen (secondary N) is 1. The Balaban J connectivity index is 1.29. The Morgan fingerprint density at radius 2 is 1.77 bits per heavy atom. The minimum absolute atomic E-state index is 0.314. The van der Waals surface area contributed by atoms with E-state index in [0.29, 0.717) is 54.8 Å². The molecule has 1 N–H and O–H groups in total. The summed E-state index contributed by atoms with van der Waals surface area (Å²) in [5, 5.41) is 4.35. The van der Waals surface area contributed by atoms with Crippen molar-refractivity contribution in [3.8, 4) is 22.8 Å². The van der Waals surface area contributed by atoms with E-state index in [1.165, 1.54) is 6.08 Å². The first-order valence-corrected chi connectivity index (χ1v) is 11.7. The summed E-state index contributed by atoms with van der Waals surface area (Å²) in [5.41, 5.74) is 4.13. The Kier molecular flexibility index (Phi) is 6.39. The van der Waals surface area contributed by atoms with Gasteiger partial charge in [-0.05, 0) is 67.1 Å². The van der Waals surface area contributed by atoms with Crippen LogP contribution in [-0.4, -0.2) is 10.9 Å². The molecule has 0 saturated heterocycles. The van der Waals surface area contributed by atoms with E-state index in [1.54, 1.807) is 42.5 Å². The summed E-state index contributed by atoms with van der Waals surface area (Å²) in [5.74, 6) is 1.27. The summed E-state index contributed by atoms with van der Waals surface area (Å²) in [7, 11) is 0. The molecular formula is C27H17Cl3N2O3. The van der Waals surface area contributed by atoms with Gasteiger partial charge in [-0.3, -0.25) is 4.79 Å². The molecule has 0 atom stereocenters. The lowest BCUT2D eigenvalue weighted by Crippen LogP contribution is -2.07. The smallest absolute Gasteiger partial charge is 0.248 e. The molecule has 0 bridgehead atoms. The maximum atomic E-state index is 12.5. The van der Waals surface area contributed by atoms with Gasteiger partial charge in [0.05, 0.1) is 5.02 Å². The van der Waals surface area contributed by atoms with Gasteiger partial charge in [0.15, 0.2) is 5.58 Å². The number of nitrogens with zero attached hydrogens (tertiary/aromatic N) is 1. The molecule has 35 heavy (non-hydrogen) atoms. The molecular weight excluding hydrogens is 507 g/mol. The topological polar surface area (TPSA) is 68.3 Å². The Morgan fingerprint density at radius 1 is 0.914 bits per heavy atom. The zero-order valence-electron chi connectivity index (χ0n) is 18.3. The lowest BCUT2D eigenvalue weighted by molar-refractivity contribution is -0.111. The number of amides is 1. The van der Waals surface area contributed by atoms with Gasteiger partial charge in [-0.1, -0.05) is 53.0 Å². The fraction of sp³-hybridized carbons (Fsp3) is 0.0370. The van der Waals surface area contributed by atoms with Crippen LogP contribution in [-0.2, 0) is 4.79 Å². The lowest BCUT2D eigenvalue weighted by Gasteiger charge is -2.03. The number of carbonyl (C=O) groups excluding carboxylic acids is 1. The fourth-order valence-electron chi connectivity index (χ4n) is 3.50. The molecule has 0 spiro atoms. The van der Waals surface area contributed by atoms with E-state index in [1.807, 2.05) is 37.3 Å². The zero-order valence-corrected chi connectivity index (χ0v) is 20.6. The van der Waals surface area contributed by atoms with E-state index in [9.17, 15) is 4.79 Å². The van der Waals surface area contributed by atoms with Crippen molar-refractivity contribution in [2.75, 3.05) is 5.32 Å². The zero-order chi connectivity index (χ0) is 24.5. The van der Waals surface area contributed by atoms with Crippen LogP contribution in [0.3, 0.4) is 0 Å². The molecule has 5 nitrogen and oxygen atoms in total. The number of hydrogen-bond acceptors (Lipinski definition) is 4. The highest BCUT2D eigenvalue weighted by Gasteiger charge is 2.13. The first-order chi connectivity index (χ1) is 16.9. The third-order valence-corrected chi connectivity index (χ3v) is 6.17. The largest absolute Gasteiger partial charge is 0.457 e. The SMILES string of the molecule is Cc1ccc(-c2ccc(/C=C/C(=O)Nc3cccc(-c4nc5cc(Cl)cc(Cl)c5o4)c3)o2)cc1Cl. The average Bonchev–Trinajstić information content (AvgIpc) is 3.47. The number of benzene rings is 3. The van der Waals surface area contributed by atoms with Crippen molar-refractivity contribution in [1.29, 1.82) is 0 Å². The Labute approximate surface area is 215 Å². The molecule has 3 aromatic carbocycles. The summed E-state index contributed by atoms with van der Waals surface area (Å²) < 4.78 is 11.6. The predicted octanol–water partition coefficient (Wildman–Crippen LogP) is 8.68. The van der Waals surface area contributed by atoms with E-state index >= 15 is 0 Å². The van der Waals surface area contributed by atoms with Crippen molar-refractivity contribution in [3.63, 3.8) is 0 Å². The van der Waals surface area contributed by atoms with Crippen LogP contribution >= 0.6 is 34.8 Å². The molecule has 1 amide bonds. The average molecular weight is 524 g/mol. The van der Waals surface area contributed by atoms with Crippen LogP contribution in [0.1, 0.15) is 11.3 Å². The third kappa shape index (κ3) is 5.13. The lowest BCUT2D eigenvalue weighted by atomic mass is 10.1. The van der Waals surface area contributed by atoms with Crippen LogP contribution in [0.2, 0.25) is 15.1 Å². The van der Waals surface area contributed by atoms with Crippen LogP contribution in [0, 0.1) is 6.92 Å². The molecule has 0 saturated carbocycles. The second kappa shape index (κ2) is 9.62. The highest BCUT2D eigenvalue weighted by Crippen LogP contribution is 2.32. The highest BCUT2D eigenvalue weighted by molar-refractivity contribution is 6.38. The minimum atomic E-state index is -0.314. The molecule has 0 aliphatic heterocycles. The van der Waals surface area contributed by atoms with E-state index in [-0.39, 0.29) is 5.91 Å². The molecule has 174 valence electrons. The van der Waals surface area contributed by atoms with Crippen molar-refractivity contribution in [3.05, 3.63) is 99.2 Å². The Morgan fingerprint density at radius 3 is 2.60 bits per heavy atom. The quantitative estimate of drug-likeness (QED) is 0.234. The van der Waals surface area contributed by atoms with Gasteiger partial charge in [0.2, 0.25) is 11.8 Å². The van der Waals surface area contributed by atoms with E-state index in [0.717, 1.165) is 11.1 Å². The standard InChI is InChI=1S/C27H17Cl3N2O3/c1-15-5-6-16(12-21(15)29)24-9-7-20(34-24)8-10-25(33)31-19-4-2-3-17(11-19)27-32-23-14-18(28)13-22(30)26(23)35-27/h2-14H,1H3,(H,31,33)/b10-8+. The van der Waals surface area contributed by atoms with E-state index in [2.05, 4.69) is 10.3 Å². The molecule has 8 heteroatoms. The van der Waals surface area contributed by atoms with Gasteiger partial charge >= 0.3 is 0 Å². The molecule has 5 rings (SSSR count). The number of aromatic nitrogens is 1. The van der Waals surface area contributed by atoms with Crippen molar-refractivity contribution in [2.45, 2.75) is 6.92 Å². The minimum Gasteiger partial charge on any atom is -0.457 e. The summed E-state index contributed by atoms with van der Waals surface area (Å²) >= 11 is 18.5. The monoisotopic (exact) mass is 522 g/mol. The second-order valence-electron chi connectivity index (χ2n) is 7.82. The molecule has 0 fully saturated rings. The molecule has 5 aromatic rings. The molecule has 0 aliphatic carbocycles. The number of aryl methyl sites for hydroxylation is 1. The van der Waals surface area contributed by atoms with Crippen LogP contribution in [0.5, 0.6) is 0 Å². The third-order valence-electron chi connectivity index (χ3n) is 5.27. The number of fused-ring (bicyclic) bond motifs is 1. The summed E-state index contributed by atoms with van der Waals surface area (Å²) in [6, 6.07) is 19.8. The van der Waals surface area contributed by atoms with Gasteiger partial charge in [-0.15, -0.1) is 0 Å². The summed E-state index contributed by atoms with van der Waals surface area (Å²) in [6.07, 6.45) is 3.00. The number of oxazole rings is 1. The van der Waals surface area contributed by atoms with E-state index < -0.39 is 0 Å². The fourth-order valence-corrected chi connectivity index (χ4v) is 4.20. The van der Waals surface area contributed by atoms with Crippen LogP contribution < -0.4 is 5.32 Å². The Bertz CT molecular complexity index is 1600. The van der Waals surface area contributed by atoms with Crippen LogP contribution in [0.15, 0.2) is 81.6 Å². The number of carbonyl (C=O) groups is 1. The number of rotatable bonds is 5. The van der Waals surface area contributed by atoms with Crippen LogP contribution in [0.25, 0.3) is 40.0 Å². The van der Waals surface area contributed by atoms with E-state index in [4.69, 9.17) is 43.6 Å². The maximum absolute atomic E-state index is 12.5. The van der Waals surface area contributed by atoms with Crippen molar-refractivity contribution >= 4 is 63.6 Å². The normalized spacial score (nSPS) is 11.4. The molecule has 0 radical (unpaired) electrons. The maximum Gasteiger partial charge on any atom is 0.248 e. The van der Waals surface area contributed by atoms with Crippen molar-refractivity contribution in [2.24, 2.45) is 0 Å².